The fourth-order valence-corrected chi connectivity index (χ4v) is 2.45. The first-order valence-electron chi connectivity index (χ1n) is 7.22. The van der Waals surface area contributed by atoms with Gasteiger partial charge in [0, 0.05) is 18.8 Å². The van der Waals surface area contributed by atoms with Gasteiger partial charge in [0.1, 0.15) is 5.75 Å². The third-order valence-electron chi connectivity index (χ3n) is 3.57. The number of nitrogens with zero attached hydrogens (tertiary/aromatic N) is 4. The lowest BCUT2D eigenvalue weighted by Gasteiger charge is -2.16. The molecule has 0 saturated heterocycles. The highest BCUT2D eigenvalue weighted by molar-refractivity contribution is 5.86. The molecule has 0 radical (unpaired) electrons. The van der Waals surface area contributed by atoms with Gasteiger partial charge in [-0.05, 0) is 31.2 Å². The molecule has 0 saturated carbocycles. The van der Waals surface area contributed by atoms with Crippen molar-refractivity contribution in [3.05, 3.63) is 40.3 Å². The predicted octanol–water partition coefficient (Wildman–Crippen LogP) is 0.975. The summed E-state index contributed by atoms with van der Waals surface area (Å²) in [6.07, 6.45) is 0. The largest absolute Gasteiger partial charge is 0.497 e. The number of carbonyl (C=O) groups excluding carboxylic acids is 1. The Kier molecular flexibility index (Phi) is 3.96. The Morgan fingerprint density at radius 2 is 1.96 bits per heavy atom. The molecule has 1 aromatic carbocycles. The third kappa shape index (κ3) is 2.63. The van der Waals surface area contributed by atoms with E-state index in [2.05, 4.69) is 10.2 Å². The van der Waals surface area contributed by atoms with Crippen molar-refractivity contribution in [3.63, 3.8) is 0 Å². The van der Waals surface area contributed by atoms with Crippen LogP contribution in [0.25, 0.3) is 0 Å². The Bertz CT molecular complexity index is 785. The van der Waals surface area contributed by atoms with Gasteiger partial charge in [-0.15, -0.1) is 10.2 Å². The lowest BCUT2D eigenvalue weighted by molar-refractivity contribution is 0.0515. The van der Waals surface area contributed by atoms with Gasteiger partial charge in [-0.2, -0.15) is 0 Å². The molecule has 1 aliphatic rings. The molecule has 1 aliphatic heterocycles. The molecular weight excluding hydrogens is 300 g/mol. The molecule has 120 valence electrons. The molecular formula is C15H16N4O4. The highest BCUT2D eigenvalue weighted by atomic mass is 16.5. The first kappa shape index (κ1) is 15.0. The minimum atomic E-state index is -0.747. The van der Waals surface area contributed by atoms with Crippen LogP contribution in [0.15, 0.2) is 29.1 Å². The van der Waals surface area contributed by atoms with Crippen molar-refractivity contribution in [1.29, 1.82) is 0 Å². The van der Waals surface area contributed by atoms with E-state index in [0.717, 1.165) is 11.4 Å². The molecule has 0 N–H and O–H groups in total. The molecule has 3 rings (SSSR count). The smallest absolute Gasteiger partial charge is 0.364 e. The van der Waals surface area contributed by atoms with Gasteiger partial charge >= 0.3 is 5.97 Å². The number of hydrogen-bond acceptors (Lipinski definition) is 7. The summed E-state index contributed by atoms with van der Waals surface area (Å²) < 4.78 is 11.4. The van der Waals surface area contributed by atoms with Gasteiger partial charge in [-0.1, -0.05) is 0 Å². The zero-order chi connectivity index (χ0) is 16.4. The van der Waals surface area contributed by atoms with Crippen molar-refractivity contribution in [2.75, 3.05) is 25.2 Å². The summed E-state index contributed by atoms with van der Waals surface area (Å²) in [4.78, 5) is 26.0. The SMILES string of the molecule is CCOC(=O)c1nnc2n(c1=O)CCN2c1ccc(OC)cc1. The topological polar surface area (TPSA) is 86.5 Å². The van der Waals surface area contributed by atoms with Crippen molar-refractivity contribution in [2.24, 2.45) is 0 Å². The van der Waals surface area contributed by atoms with Crippen molar-refractivity contribution >= 4 is 17.6 Å². The molecule has 1 aromatic heterocycles. The first-order valence-corrected chi connectivity index (χ1v) is 7.22. The minimum Gasteiger partial charge on any atom is -0.497 e. The standard InChI is InChI=1S/C15H16N4O4/c1-3-23-14(21)12-13(20)19-9-8-18(15(19)17-16-12)10-4-6-11(22-2)7-5-10/h4-7H,3,8-9H2,1-2H3. The van der Waals surface area contributed by atoms with Crippen LogP contribution in [0.2, 0.25) is 0 Å². The monoisotopic (exact) mass is 316 g/mol. The summed E-state index contributed by atoms with van der Waals surface area (Å²) in [5.41, 5.74) is 0.103. The van der Waals surface area contributed by atoms with E-state index in [1.165, 1.54) is 4.57 Å². The highest BCUT2D eigenvalue weighted by Crippen LogP contribution is 2.28. The molecule has 8 nitrogen and oxygen atoms in total. The van der Waals surface area contributed by atoms with Crippen LogP contribution < -0.4 is 15.2 Å². The fraction of sp³-hybridized carbons (Fsp3) is 0.333. The van der Waals surface area contributed by atoms with Crippen LogP contribution in [0.3, 0.4) is 0 Å². The molecule has 2 aromatic rings. The highest BCUT2D eigenvalue weighted by Gasteiger charge is 2.27. The van der Waals surface area contributed by atoms with E-state index in [-0.39, 0.29) is 12.3 Å². The number of benzene rings is 1. The van der Waals surface area contributed by atoms with Gasteiger partial charge in [0.25, 0.3) is 5.56 Å². The molecule has 0 aliphatic carbocycles. The van der Waals surface area contributed by atoms with Crippen LogP contribution in [0.5, 0.6) is 5.75 Å². The zero-order valence-corrected chi connectivity index (χ0v) is 12.9. The maximum absolute atomic E-state index is 12.4. The maximum Gasteiger partial charge on any atom is 0.364 e. The Labute approximate surface area is 132 Å². The average molecular weight is 316 g/mol. The third-order valence-corrected chi connectivity index (χ3v) is 3.57. The van der Waals surface area contributed by atoms with Crippen LogP contribution in [-0.2, 0) is 11.3 Å². The second kappa shape index (κ2) is 6.07. The Morgan fingerprint density at radius 1 is 1.22 bits per heavy atom. The average Bonchev–Trinajstić information content (AvgIpc) is 3.00. The quantitative estimate of drug-likeness (QED) is 0.777. The van der Waals surface area contributed by atoms with Crippen molar-refractivity contribution in [2.45, 2.75) is 13.5 Å². The van der Waals surface area contributed by atoms with Crippen LogP contribution in [0, 0.1) is 0 Å². The van der Waals surface area contributed by atoms with E-state index in [1.54, 1.807) is 14.0 Å². The predicted molar refractivity (Wildman–Crippen MR) is 82.2 cm³/mol. The van der Waals surface area contributed by atoms with E-state index >= 15 is 0 Å². The summed E-state index contributed by atoms with van der Waals surface area (Å²) >= 11 is 0. The summed E-state index contributed by atoms with van der Waals surface area (Å²) in [7, 11) is 1.60. The van der Waals surface area contributed by atoms with Crippen LogP contribution in [0.1, 0.15) is 17.4 Å². The van der Waals surface area contributed by atoms with Crippen molar-refractivity contribution in [1.82, 2.24) is 14.8 Å². The van der Waals surface area contributed by atoms with Gasteiger partial charge in [-0.3, -0.25) is 9.36 Å². The number of ether oxygens (including phenoxy) is 2. The molecule has 23 heavy (non-hydrogen) atoms. The summed E-state index contributed by atoms with van der Waals surface area (Å²) in [5.74, 6) is 0.408. The number of carbonyl (C=O) groups is 1. The summed E-state index contributed by atoms with van der Waals surface area (Å²) in [6, 6.07) is 7.41. The molecule has 2 heterocycles. The number of anilines is 2. The molecule has 0 atom stereocenters. The summed E-state index contributed by atoms with van der Waals surface area (Å²) in [5, 5.41) is 7.78. The lowest BCUT2D eigenvalue weighted by Crippen LogP contribution is -2.29. The van der Waals surface area contributed by atoms with Crippen molar-refractivity contribution in [3.8, 4) is 5.75 Å². The lowest BCUT2D eigenvalue weighted by atomic mass is 10.3. The molecule has 0 amide bonds. The van der Waals surface area contributed by atoms with E-state index < -0.39 is 11.5 Å². The number of aromatic nitrogens is 3. The molecule has 0 unspecified atom stereocenters. The second-order valence-electron chi connectivity index (χ2n) is 4.88. The van der Waals surface area contributed by atoms with Gasteiger partial charge in [-0.25, -0.2) is 4.79 Å². The second-order valence-corrected chi connectivity index (χ2v) is 4.88. The zero-order valence-electron chi connectivity index (χ0n) is 12.9. The Hall–Kier alpha value is -2.90. The number of fused-ring (bicyclic) bond motifs is 1. The molecule has 8 heteroatoms. The van der Waals surface area contributed by atoms with Gasteiger partial charge in [0.05, 0.1) is 13.7 Å². The van der Waals surface area contributed by atoms with Gasteiger partial charge < -0.3 is 14.4 Å². The van der Waals surface area contributed by atoms with Crippen molar-refractivity contribution < 1.29 is 14.3 Å². The first-order chi connectivity index (χ1) is 11.2. The number of rotatable bonds is 4. The van der Waals surface area contributed by atoms with E-state index in [4.69, 9.17) is 9.47 Å². The van der Waals surface area contributed by atoms with E-state index in [9.17, 15) is 9.59 Å². The normalized spacial score (nSPS) is 12.9. The minimum absolute atomic E-state index is 0.180. The fourth-order valence-electron chi connectivity index (χ4n) is 2.45. The van der Waals surface area contributed by atoms with Crippen LogP contribution >= 0.6 is 0 Å². The maximum atomic E-state index is 12.4. The molecule has 0 spiro atoms. The van der Waals surface area contributed by atoms with Crippen LogP contribution in [0.4, 0.5) is 11.6 Å². The number of esters is 1. The van der Waals surface area contributed by atoms with Crippen LogP contribution in [-0.4, -0.2) is 41.0 Å². The Morgan fingerprint density at radius 3 is 2.61 bits per heavy atom. The summed E-state index contributed by atoms with van der Waals surface area (Å²) in [6.45, 7) is 2.85. The van der Waals surface area contributed by atoms with E-state index in [1.807, 2.05) is 29.2 Å². The molecule has 0 bridgehead atoms. The van der Waals surface area contributed by atoms with E-state index in [0.29, 0.717) is 19.0 Å². The number of methoxy groups -OCH3 is 1. The van der Waals surface area contributed by atoms with Gasteiger partial charge in [0.2, 0.25) is 11.6 Å². The van der Waals surface area contributed by atoms with Gasteiger partial charge in [0.15, 0.2) is 0 Å². The molecule has 0 fully saturated rings. The number of hydrogen-bond donors (Lipinski definition) is 0. The Balaban J connectivity index is 1.96.